The van der Waals surface area contributed by atoms with E-state index in [4.69, 9.17) is 14.2 Å². The van der Waals surface area contributed by atoms with Crippen LogP contribution in [0.4, 0.5) is 5.13 Å². The molecule has 0 saturated carbocycles. The van der Waals surface area contributed by atoms with Crippen LogP contribution in [-0.2, 0) is 14.3 Å². The largest absolute Gasteiger partial charge is 0.507 e. The predicted octanol–water partition coefficient (Wildman–Crippen LogP) is 5.90. The van der Waals surface area contributed by atoms with Gasteiger partial charge in [0.15, 0.2) is 5.13 Å². The molecule has 41 heavy (non-hydrogen) atoms. The van der Waals surface area contributed by atoms with Gasteiger partial charge >= 0.3 is 11.9 Å². The van der Waals surface area contributed by atoms with E-state index in [0.717, 1.165) is 11.1 Å². The summed E-state index contributed by atoms with van der Waals surface area (Å²) in [6.07, 6.45) is 0.846. The monoisotopic (exact) mass is 572 g/mol. The first kappa shape index (κ1) is 27.9. The van der Waals surface area contributed by atoms with Gasteiger partial charge in [0.1, 0.15) is 17.3 Å². The number of rotatable bonds is 9. The third-order valence-corrected chi connectivity index (χ3v) is 7.58. The van der Waals surface area contributed by atoms with Gasteiger partial charge in [-0.15, -0.1) is 0 Å². The molecule has 4 aromatic rings. The van der Waals surface area contributed by atoms with Crippen molar-refractivity contribution in [1.29, 1.82) is 0 Å². The summed E-state index contributed by atoms with van der Waals surface area (Å²) in [7, 11) is 1.29. The van der Waals surface area contributed by atoms with E-state index in [1.807, 2.05) is 19.9 Å². The van der Waals surface area contributed by atoms with Gasteiger partial charge in [-0.25, -0.2) is 9.78 Å². The number of anilines is 1. The fourth-order valence-corrected chi connectivity index (χ4v) is 5.62. The second kappa shape index (κ2) is 11.8. The number of nitrogens with zero attached hydrogens (tertiary/aromatic N) is 2. The van der Waals surface area contributed by atoms with Gasteiger partial charge in [-0.2, -0.15) is 0 Å². The van der Waals surface area contributed by atoms with Gasteiger partial charge in [0, 0.05) is 5.56 Å². The molecule has 1 aliphatic heterocycles. The van der Waals surface area contributed by atoms with Crippen molar-refractivity contribution in [1.82, 2.24) is 4.98 Å². The third kappa shape index (κ3) is 5.38. The molecule has 1 aliphatic rings. The molecule has 1 fully saturated rings. The van der Waals surface area contributed by atoms with E-state index in [9.17, 15) is 19.5 Å². The number of carbonyl (C=O) groups excluding carboxylic acids is 3. The fraction of sp³-hybridized carbons (Fsp3) is 0.226. The summed E-state index contributed by atoms with van der Waals surface area (Å²) in [5.74, 6) is -1.22. The van der Waals surface area contributed by atoms with E-state index >= 15 is 0 Å². The molecule has 0 spiro atoms. The first-order valence-electron chi connectivity index (χ1n) is 13.1. The van der Waals surface area contributed by atoms with Crippen LogP contribution in [0.15, 0.2) is 72.3 Å². The normalized spacial score (nSPS) is 16.3. The first-order valence-corrected chi connectivity index (χ1v) is 13.9. The van der Waals surface area contributed by atoms with Gasteiger partial charge in [-0.05, 0) is 73.5 Å². The molecule has 5 rings (SSSR count). The summed E-state index contributed by atoms with van der Waals surface area (Å²) in [6.45, 7) is 4.94. The zero-order valence-corrected chi connectivity index (χ0v) is 23.6. The smallest absolute Gasteiger partial charge is 0.337 e. The van der Waals surface area contributed by atoms with Crippen LogP contribution in [0.1, 0.15) is 47.8 Å². The predicted molar refractivity (Wildman–Crippen MR) is 156 cm³/mol. The lowest BCUT2D eigenvalue weighted by Crippen LogP contribution is -2.29. The molecule has 1 unspecified atom stereocenters. The Kier molecular flexibility index (Phi) is 8.02. The van der Waals surface area contributed by atoms with Crippen LogP contribution in [0.5, 0.6) is 11.5 Å². The minimum absolute atomic E-state index is 0.0858. The Hall–Kier alpha value is -4.70. The second-order valence-corrected chi connectivity index (χ2v) is 10.2. The number of ether oxygens (including phenoxy) is 3. The highest BCUT2D eigenvalue weighted by atomic mass is 32.1. The highest BCUT2D eigenvalue weighted by molar-refractivity contribution is 7.22. The molecule has 1 amide bonds. The van der Waals surface area contributed by atoms with E-state index in [2.05, 4.69) is 4.98 Å². The van der Waals surface area contributed by atoms with Gasteiger partial charge in [0.05, 0.1) is 47.7 Å². The van der Waals surface area contributed by atoms with Crippen LogP contribution in [-0.4, -0.2) is 48.1 Å². The average molecular weight is 573 g/mol. The Morgan fingerprint density at radius 2 is 1.63 bits per heavy atom. The Labute approximate surface area is 240 Å². The van der Waals surface area contributed by atoms with E-state index < -0.39 is 23.7 Å². The maximum atomic E-state index is 13.6. The number of methoxy groups -OCH3 is 1. The van der Waals surface area contributed by atoms with Crippen molar-refractivity contribution in [2.24, 2.45) is 0 Å². The first-order chi connectivity index (χ1) is 19.9. The van der Waals surface area contributed by atoms with Crippen LogP contribution >= 0.6 is 11.3 Å². The van der Waals surface area contributed by atoms with E-state index in [0.29, 0.717) is 52.1 Å². The highest BCUT2D eigenvalue weighted by Crippen LogP contribution is 2.44. The zero-order valence-electron chi connectivity index (χ0n) is 22.7. The summed E-state index contributed by atoms with van der Waals surface area (Å²) >= 11 is 1.24. The minimum Gasteiger partial charge on any atom is -0.507 e. The van der Waals surface area contributed by atoms with Crippen LogP contribution in [0, 0.1) is 0 Å². The molecule has 1 aromatic heterocycles. The number of aliphatic hydroxyl groups excluding tert-OH is 1. The Bertz CT molecular complexity index is 1640. The third-order valence-electron chi connectivity index (χ3n) is 6.56. The number of ketones is 1. The quantitative estimate of drug-likeness (QED) is 0.114. The van der Waals surface area contributed by atoms with E-state index in [1.165, 1.54) is 23.3 Å². The molecule has 210 valence electrons. The van der Waals surface area contributed by atoms with Gasteiger partial charge in [0.25, 0.3) is 5.78 Å². The zero-order chi connectivity index (χ0) is 29.1. The maximum Gasteiger partial charge on any atom is 0.337 e. The lowest BCUT2D eigenvalue weighted by molar-refractivity contribution is -0.132. The van der Waals surface area contributed by atoms with Crippen molar-refractivity contribution in [3.8, 4) is 11.5 Å². The van der Waals surface area contributed by atoms with Gasteiger partial charge < -0.3 is 19.3 Å². The van der Waals surface area contributed by atoms with Crippen LogP contribution < -0.4 is 14.4 Å². The van der Waals surface area contributed by atoms with Crippen LogP contribution in [0.3, 0.4) is 0 Å². The summed E-state index contributed by atoms with van der Waals surface area (Å²) in [6, 6.07) is 17.5. The molecular weight excluding hydrogens is 544 g/mol. The molecular formula is C31H28N2O7S. The number of benzene rings is 3. The minimum atomic E-state index is -0.996. The number of Topliss-reactive ketones (excluding diaryl/α,β-unsaturated/α-hetero) is 1. The molecule has 0 radical (unpaired) electrons. The molecule has 1 saturated heterocycles. The topological polar surface area (TPSA) is 115 Å². The van der Waals surface area contributed by atoms with Crippen molar-refractivity contribution in [2.45, 2.75) is 26.3 Å². The molecule has 1 atom stereocenters. The van der Waals surface area contributed by atoms with Gasteiger partial charge in [-0.1, -0.05) is 30.4 Å². The number of amides is 1. The number of carbonyl (C=O) groups is 3. The number of aromatic nitrogens is 1. The summed E-state index contributed by atoms with van der Waals surface area (Å²) in [5, 5.41) is 11.7. The van der Waals surface area contributed by atoms with Crippen molar-refractivity contribution in [3.63, 3.8) is 0 Å². The van der Waals surface area contributed by atoms with Gasteiger partial charge in [0.2, 0.25) is 0 Å². The van der Waals surface area contributed by atoms with Crippen molar-refractivity contribution < 1.29 is 33.7 Å². The molecule has 10 heteroatoms. The summed E-state index contributed by atoms with van der Waals surface area (Å²) in [4.78, 5) is 45.1. The summed E-state index contributed by atoms with van der Waals surface area (Å²) < 4.78 is 16.8. The molecule has 2 heterocycles. The number of fused-ring (bicyclic) bond motifs is 1. The number of thiazole rings is 1. The SMILES string of the molecule is CCCOc1ccc(C(O)=C2C(=O)C(=O)N(c3nc4ccc(OCC)cc4s3)C2c2ccc(C(=O)OC)cc2)cc1. The standard InChI is InChI=1S/C31H28N2O7S/c1-4-16-40-21-12-10-19(11-13-21)27(34)25-26(18-6-8-20(9-7-18)30(37)38-3)33(29(36)28(25)35)31-32-23-15-14-22(39-5-2)17-24(23)41-31/h6-15,17,26,34H,4-5,16H2,1-3H3. The second-order valence-electron chi connectivity index (χ2n) is 9.21. The molecule has 9 nitrogen and oxygen atoms in total. The van der Waals surface area contributed by atoms with Gasteiger partial charge in [-0.3, -0.25) is 14.5 Å². The molecule has 3 aromatic carbocycles. The van der Waals surface area contributed by atoms with E-state index in [1.54, 1.807) is 60.7 Å². The molecule has 0 aliphatic carbocycles. The van der Waals surface area contributed by atoms with Crippen molar-refractivity contribution in [3.05, 3.63) is 89.0 Å². The fourth-order valence-electron chi connectivity index (χ4n) is 4.60. The number of aliphatic hydroxyl groups is 1. The Morgan fingerprint density at radius 1 is 0.951 bits per heavy atom. The van der Waals surface area contributed by atoms with Crippen LogP contribution in [0.2, 0.25) is 0 Å². The Balaban J connectivity index is 1.63. The maximum absolute atomic E-state index is 13.6. The van der Waals surface area contributed by atoms with Crippen LogP contribution in [0.25, 0.3) is 16.0 Å². The van der Waals surface area contributed by atoms with Crippen molar-refractivity contribution in [2.75, 3.05) is 25.2 Å². The Morgan fingerprint density at radius 3 is 2.29 bits per heavy atom. The molecule has 0 bridgehead atoms. The average Bonchev–Trinajstić information content (AvgIpc) is 3.53. The van der Waals surface area contributed by atoms with E-state index in [-0.39, 0.29) is 11.3 Å². The van der Waals surface area contributed by atoms with Crippen molar-refractivity contribution >= 4 is 50.1 Å². The number of hydrogen-bond donors (Lipinski definition) is 1. The lowest BCUT2D eigenvalue weighted by Gasteiger charge is -2.23. The number of esters is 1. The highest BCUT2D eigenvalue weighted by Gasteiger charge is 2.48. The molecule has 1 N–H and O–H groups in total. The number of hydrogen-bond acceptors (Lipinski definition) is 9. The summed E-state index contributed by atoms with van der Waals surface area (Å²) in [5.41, 5.74) is 1.72. The lowest BCUT2D eigenvalue weighted by atomic mass is 9.94.